The molecular weight excluding hydrogens is 354 g/mol. The molecule has 3 aromatic rings. The van der Waals surface area contributed by atoms with E-state index in [0.717, 1.165) is 48.1 Å². The molecule has 0 radical (unpaired) electrons. The van der Waals surface area contributed by atoms with Crippen molar-refractivity contribution < 1.29 is 14.3 Å². The SMILES string of the molecule is COc1ccc2c(c1C1CCNCC1)O/C(=C\c1n[nH]c3ccccc13)C2=O. The molecule has 0 atom stereocenters. The van der Waals surface area contributed by atoms with E-state index in [1.807, 2.05) is 30.3 Å². The molecule has 1 saturated heterocycles. The zero-order valence-electron chi connectivity index (χ0n) is 15.6. The topological polar surface area (TPSA) is 76.2 Å². The van der Waals surface area contributed by atoms with Crippen LogP contribution < -0.4 is 14.8 Å². The van der Waals surface area contributed by atoms with E-state index < -0.39 is 0 Å². The van der Waals surface area contributed by atoms with Gasteiger partial charge in [0.1, 0.15) is 11.5 Å². The van der Waals surface area contributed by atoms with Crippen LogP contribution in [-0.4, -0.2) is 36.2 Å². The molecule has 6 nitrogen and oxygen atoms in total. The highest BCUT2D eigenvalue weighted by atomic mass is 16.5. The quantitative estimate of drug-likeness (QED) is 0.684. The lowest BCUT2D eigenvalue weighted by Crippen LogP contribution is -2.27. The van der Waals surface area contributed by atoms with E-state index >= 15 is 0 Å². The molecule has 28 heavy (non-hydrogen) atoms. The van der Waals surface area contributed by atoms with Crippen molar-refractivity contribution in [2.24, 2.45) is 0 Å². The van der Waals surface area contributed by atoms with Crippen molar-refractivity contribution in [2.75, 3.05) is 20.2 Å². The van der Waals surface area contributed by atoms with Gasteiger partial charge in [0.15, 0.2) is 5.76 Å². The Bertz CT molecular complexity index is 1090. The maximum atomic E-state index is 13.0. The summed E-state index contributed by atoms with van der Waals surface area (Å²) in [6, 6.07) is 11.5. The van der Waals surface area contributed by atoms with Gasteiger partial charge >= 0.3 is 0 Å². The Morgan fingerprint density at radius 2 is 2.00 bits per heavy atom. The summed E-state index contributed by atoms with van der Waals surface area (Å²) in [6.07, 6.45) is 3.71. The van der Waals surface area contributed by atoms with Crippen LogP contribution in [0.2, 0.25) is 0 Å². The number of aromatic amines is 1. The third-order valence-corrected chi connectivity index (χ3v) is 5.57. The molecule has 5 rings (SSSR count). The molecule has 0 aliphatic carbocycles. The van der Waals surface area contributed by atoms with Gasteiger partial charge in [0.25, 0.3) is 0 Å². The predicted octanol–water partition coefficient (Wildman–Crippen LogP) is 3.65. The number of benzene rings is 2. The Labute approximate surface area is 162 Å². The molecule has 2 aliphatic heterocycles. The maximum Gasteiger partial charge on any atom is 0.232 e. The van der Waals surface area contributed by atoms with Gasteiger partial charge in [-0.1, -0.05) is 18.2 Å². The number of allylic oxidation sites excluding steroid dienone is 1. The summed E-state index contributed by atoms with van der Waals surface area (Å²) >= 11 is 0. The summed E-state index contributed by atoms with van der Waals surface area (Å²) in [6.45, 7) is 1.90. The smallest absolute Gasteiger partial charge is 0.232 e. The first-order valence-corrected chi connectivity index (χ1v) is 9.55. The number of H-pyrrole nitrogens is 1. The second-order valence-corrected chi connectivity index (χ2v) is 7.18. The van der Waals surface area contributed by atoms with Gasteiger partial charge in [0, 0.05) is 17.0 Å². The van der Waals surface area contributed by atoms with Gasteiger partial charge in [-0.2, -0.15) is 5.10 Å². The number of piperidine rings is 1. The van der Waals surface area contributed by atoms with E-state index in [1.165, 1.54) is 0 Å². The highest BCUT2D eigenvalue weighted by molar-refractivity contribution is 6.15. The minimum atomic E-state index is -0.111. The van der Waals surface area contributed by atoms with Crippen LogP contribution in [0.5, 0.6) is 11.5 Å². The number of ether oxygens (including phenoxy) is 2. The van der Waals surface area contributed by atoms with Crippen molar-refractivity contribution in [1.29, 1.82) is 0 Å². The number of nitrogens with zero attached hydrogens (tertiary/aromatic N) is 1. The monoisotopic (exact) mass is 375 g/mol. The zero-order valence-corrected chi connectivity index (χ0v) is 15.6. The summed E-state index contributed by atoms with van der Waals surface area (Å²) in [5, 5.41) is 11.7. The standard InChI is InChI=1S/C22H21N3O3/c1-27-18-7-6-15-21(26)19(12-17-14-4-2-3-5-16(14)24-25-17)28-22(15)20(18)13-8-10-23-11-9-13/h2-7,12-13,23H,8-11H2,1H3,(H,24,25)/b19-12-. The fourth-order valence-corrected chi connectivity index (χ4v) is 4.15. The minimum Gasteiger partial charge on any atom is -0.496 e. The van der Waals surface area contributed by atoms with Crippen molar-refractivity contribution in [2.45, 2.75) is 18.8 Å². The third kappa shape index (κ3) is 2.68. The van der Waals surface area contributed by atoms with Crippen LogP contribution in [0.25, 0.3) is 17.0 Å². The van der Waals surface area contributed by atoms with Crippen LogP contribution in [0, 0.1) is 0 Å². The number of rotatable bonds is 3. The molecule has 142 valence electrons. The Balaban J connectivity index is 1.58. The highest BCUT2D eigenvalue weighted by Gasteiger charge is 2.34. The van der Waals surface area contributed by atoms with Crippen molar-refractivity contribution in [3.8, 4) is 11.5 Å². The van der Waals surface area contributed by atoms with Crippen LogP contribution in [0.4, 0.5) is 0 Å². The van der Waals surface area contributed by atoms with Crippen LogP contribution in [0.3, 0.4) is 0 Å². The molecule has 2 N–H and O–H groups in total. The predicted molar refractivity (Wildman–Crippen MR) is 107 cm³/mol. The van der Waals surface area contributed by atoms with Crippen LogP contribution >= 0.6 is 0 Å². The summed E-state index contributed by atoms with van der Waals surface area (Å²) < 4.78 is 11.7. The molecule has 3 heterocycles. The van der Waals surface area contributed by atoms with E-state index in [4.69, 9.17) is 9.47 Å². The van der Waals surface area contributed by atoms with Gasteiger partial charge < -0.3 is 14.8 Å². The summed E-state index contributed by atoms with van der Waals surface area (Å²) in [5.41, 5.74) is 3.22. The van der Waals surface area contributed by atoms with Gasteiger partial charge in [-0.05, 0) is 50.0 Å². The molecule has 0 bridgehead atoms. The second kappa shape index (κ2) is 6.80. The van der Waals surface area contributed by atoms with Crippen LogP contribution in [0.1, 0.15) is 40.4 Å². The minimum absolute atomic E-state index is 0.111. The van der Waals surface area contributed by atoms with E-state index in [1.54, 1.807) is 19.3 Å². The van der Waals surface area contributed by atoms with Gasteiger partial charge in [0.2, 0.25) is 5.78 Å². The normalized spacial score (nSPS) is 18.5. The van der Waals surface area contributed by atoms with Gasteiger partial charge in [0.05, 0.1) is 23.9 Å². The number of aromatic nitrogens is 2. The van der Waals surface area contributed by atoms with E-state index in [9.17, 15) is 4.79 Å². The number of Topliss-reactive ketones (excluding diaryl/α,β-unsaturated/α-hetero) is 1. The first-order chi connectivity index (χ1) is 13.8. The fourth-order valence-electron chi connectivity index (χ4n) is 4.15. The Morgan fingerprint density at radius 3 is 2.82 bits per heavy atom. The molecule has 0 unspecified atom stereocenters. The van der Waals surface area contributed by atoms with Gasteiger partial charge in [-0.3, -0.25) is 9.89 Å². The number of hydrogen-bond donors (Lipinski definition) is 2. The summed E-state index contributed by atoms with van der Waals surface area (Å²) in [4.78, 5) is 13.0. The number of carbonyl (C=O) groups is 1. The zero-order chi connectivity index (χ0) is 19.1. The molecular formula is C22H21N3O3. The number of hydrogen-bond acceptors (Lipinski definition) is 5. The Hall–Kier alpha value is -3.12. The van der Waals surface area contributed by atoms with E-state index in [-0.39, 0.29) is 5.78 Å². The number of nitrogens with one attached hydrogen (secondary N) is 2. The number of ketones is 1. The number of methoxy groups -OCH3 is 1. The molecule has 0 amide bonds. The average Bonchev–Trinajstić information content (AvgIpc) is 3.29. The lowest BCUT2D eigenvalue weighted by Gasteiger charge is -2.25. The van der Waals surface area contributed by atoms with Crippen molar-refractivity contribution >= 4 is 22.8 Å². The Kier molecular flexibility index (Phi) is 4.13. The second-order valence-electron chi connectivity index (χ2n) is 7.18. The fraction of sp³-hybridized carbons (Fsp3) is 0.273. The van der Waals surface area contributed by atoms with Crippen molar-refractivity contribution in [3.05, 3.63) is 59.0 Å². The first-order valence-electron chi connectivity index (χ1n) is 9.55. The van der Waals surface area contributed by atoms with E-state index in [0.29, 0.717) is 28.7 Å². The molecule has 1 aromatic heterocycles. The molecule has 6 heteroatoms. The van der Waals surface area contributed by atoms with Crippen LogP contribution in [-0.2, 0) is 0 Å². The van der Waals surface area contributed by atoms with Gasteiger partial charge in [-0.25, -0.2) is 0 Å². The average molecular weight is 375 g/mol. The van der Waals surface area contributed by atoms with Crippen molar-refractivity contribution in [3.63, 3.8) is 0 Å². The largest absolute Gasteiger partial charge is 0.496 e. The molecule has 1 fully saturated rings. The molecule has 0 spiro atoms. The third-order valence-electron chi connectivity index (χ3n) is 5.57. The molecule has 2 aromatic carbocycles. The lowest BCUT2D eigenvalue weighted by atomic mass is 9.87. The first kappa shape index (κ1) is 17.0. The summed E-state index contributed by atoms with van der Waals surface area (Å²) in [5.74, 6) is 1.92. The lowest BCUT2D eigenvalue weighted by molar-refractivity contribution is 0.101. The summed E-state index contributed by atoms with van der Waals surface area (Å²) in [7, 11) is 1.66. The molecule has 0 saturated carbocycles. The Morgan fingerprint density at radius 1 is 1.18 bits per heavy atom. The number of para-hydroxylation sites is 1. The maximum absolute atomic E-state index is 13.0. The number of carbonyl (C=O) groups excluding carboxylic acids is 1. The van der Waals surface area contributed by atoms with E-state index in [2.05, 4.69) is 15.5 Å². The van der Waals surface area contributed by atoms with Gasteiger partial charge in [-0.15, -0.1) is 0 Å². The highest BCUT2D eigenvalue weighted by Crippen LogP contribution is 2.46. The van der Waals surface area contributed by atoms with Crippen LogP contribution in [0.15, 0.2) is 42.2 Å². The molecule has 2 aliphatic rings. The number of fused-ring (bicyclic) bond motifs is 2. The van der Waals surface area contributed by atoms with Crippen molar-refractivity contribution in [1.82, 2.24) is 15.5 Å².